The molecular formula is C20H26F4IN3O3S. The van der Waals surface area contributed by atoms with Crippen molar-refractivity contribution >= 4 is 44.2 Å². The Kier molecular flexibility index (Phi) is 7.31. The van der Waals surface area contributed by atoms with Crippen molar-refractivity contribution in [1.29, 1.82) is 0 Å². The number of carbonyl (C=O) groups is 1. The fraction of sp³-hybridized carbons (Fsp3) is 0.600. The molecule has 1 aliphatic heterocycles. The largest absolute Gasteiger partial charge is 0.444 e. The van der Waals surface area contributed by atoms with E-state index in [-0.39, 0.29) is 11.4 Å². The van der Waals surface area contributed by atoms with Gasteiger partial charge in [-0.3, -0.25) is 10.3 Å². The van der Waals surface area contributed by atoms with Crippen molar-refractivity contribution in [3.63, 3.8) is 0 Å². The number of hydrogen-bond acceptors (Lipinski definition) is 5. The number of nitrogens with zero attached hydrogens (tertiary/aromatic N) is 2. The Morgan fingerprint density at radius 1 is 1.28 bits per heavy atom. The van der Waals surface area contributed by atoms with Crippen LogP contribution in [0.4, 0.5) is 22.4 Å². The van der Waals surface area contributed by atoms with Crippen LogP contribution in [0.15, 0.2) is 27.6 Å². The van der Waals surface area contributed by atoms with Crippen molar-refractivity contribution in [3.8, 4) is 0 Å². The third kappa shape index (κ3) is 6.12. The van der Waals surface area contributed by atoms with Gasteiger partial charge in [0.2, 0.25) is 0 Å². The lowest BCUT2D eigenvalue weighted by atomic mass is 9.93. The summed E-state index contributed by atoms with van der Waals surface area (Å²) < 4.78 is 75.4. The molecule has 0 saturated heterocycles. The molecule has 32 heavy (non-hydrogen) atoms. The summed E-state index contributed by atoms with van der Waals surface area (Å²) in [7, 11) is -3.69. The number of aliphatic imine (C=N–C) groups is 1. The van der Waals surface area contributed by atoms with Gasteiger partial charge in [-0.1, -0.05) is 0 Å². The first-order valence-corrected chi connectivity index (χ1v) is 12.4. The number of alkyl halides is 3. The van der Waals surface area contributed by atoms with Crippen LogP contribution < -0.4 is 5.32 Å². The molecule has 0 saturated carbocycles. The normalized spacial score (nSPS) is 25.7. The Bertz CT molecular complexity index is 1060. The number of hydrogen-bond donors (Lipinski definition) is 1. The molecule has 0 aliphatic carbocycles. The van der Waals surface area contributed by atoms with E-state index in [0.717, 1.165) is 0 Å². The van der Waals surface area contributed by atoms with Crippen molar-refractivity contribution in [1.82, 2.24) is 5.32 Å². The van der Waals surface area contributed by atoms with Crippen LogP contribution in [0.2, 0.25) is 0 Å². The maximum Gasteiger partial charge on any atom is 0.413 e. The van der Waals surface area contributed by atoms with Crippen LogP contribution in [0.1, 0.15) is 47.1 Å². The fourth-order valence-electron chi connectivity index (χ4n) is 3.14. The van der Waals surface area contributed by atoms with Crippen LogP contribution >= 0.6 is 22.6 Å². The molecule has 0 spiro atoms. The number of nitrogens with one attached hydrogen (secondary N) is 1. The number of carbonyl (C=O) groups excluding carboxylic acids is 1. The van der Waals surface area contributed by atoms with Crippen LogP contribution in [0.3, 0.4) is 0 Å². The summed E-state index contributed by atoms with van der Waals surface area (Å²) in [6, 6.07) is 4.20. The third-order valence-electron chi connectivity index (χ3n) is 4.78. The predicted molar refractivity (Wildman–Crippen MR) is 124 cm³/mol. The van der Waals surface area contributed by atoms with Gasteiger partial charge in [-0.25, -0.2) is 17.8 Å². The van der Waals surface area contributed by atoms with Gasteiger partial charge in [0.15, 0.2) is 0 Å². The Balaban J connectivity index is 2.71. The third-order valence-corrected chi connectivity index (χ3v) is 8.74. The topological polar surface area (TPSA) is 80.1 Å². The molecule has 0 bridgehead atoms. The molecule has 0 unspecified atom stereocenters. The standard InChI is InChI=1S/C20H26F4IN3O3S/c1-17(2,3)31-16(29)27-15-18(4,5)32(30,26-10-20(22,23)24)11-19(6,28-15)13-9-12(25)7-8-14(13)21/h7-9H,10-11H2,1-6H3,(H,27,28,29)/t19-,32-/m0/s1. The number of benzene rings is 1. The van der Waals surface area contributed by atoms with Crippen molar-refractivity contribution < 1.29 is 31.3 Å². The monoisotopic (exact) mass is 591 g/mol. The summed E-state index contributed by atoms with van der Waals surface area (Å²) in [6.45, 7) is 7.48. The van der Waals surface area contributed by atoms with E-state index in [1.807, 2.05) is 22.6 Å². The van der Waals surface area contributed by atoms with Crippen LogP contribution in [-0.2, 0) is 20.0 Å². The molecule has 1 N–H and O–H groups in total. The maximum absolute atomic E-state index is 14.7. The molecule has 1 aromatic carbocycles. The summed E-state index contributed by atoms with van der Waals surface area (Å²) in [6.07, 6.45) is -5.60. The van der Waals surface area contributed by atoms with Gasteiger partial charge in [-0.15, -0.1) is 0 Å². The number of amides is 1. The number of alkyl carbamates (subject to hydrolysis) is 1. The van der Waals surface area contributed by atoms with Crippen LogP contribution in [0.5, 0.6) is 0 Å². The maximum atomic E-state index is 14.7. The average molecular weight is 591 g/mol. The second-order valence-corrected chi connectivity index (χ2v) is 13.3. The highest BCUT2D eigenvalue weighted by atomic mass is 127. The average Bonchev–Trinajstić information content (AvgIpc) is 2.58. The van der Waals surface area contributed by atoms with E-state index in [1.165, 1.54) is 39.0 Å². The first-order chi connectivity index (χ1) is 14.3. The number of amidine groups is 1. The lowest BCUT2D eigenvalue weighted by molar-refractivity contribution is -0.117. The van der Waals surface area contributed by atoms with E-state index in [1.54, 1.807) is 20.8 Å². The minimum absolute atomic E-state index is 0.0401. The van der Waals surface area contributed by atoms with Crippen LogP contribution in [0, 0.1) is 9.39 Å². The zero-order valence-corrected chi connectivity index (χ0v) is 21.5. The zero-order valence-electron chi connectivity index (χ0n) is 18.6. The van der Waals surface area contributed by atoms with E-state index < -0.39 is 56.0 Å². The van der Waals surface area contributed by atoms with Gasteiger partial charge >= 0.3 is 12.3 Å². The highest BCUT2D eigenvalue weighted by Crippen LogP contribution is 2.40. The lowest BCUT2D eigenvalue weighted by Gasteiger charge is -2.42. The highest BCUT2D eigenvalue weighted by molar-refractivity contribution is 14.1. The molecule has 0 radical (unpaired) electrons. The number of halogens is 5. The first kappa shape index (κ1) is 26.8. The molecule has 2 rings (SSSR count). The van der Waals surface area contributed by atoms with Crippen molar-refractivity contribution in [2.75, 3.05) is 12.3 Å². The quantitative estimate of drug-likeness (QED) is 0.370. The SMILES string of the molecule is CC(C)(C)OC(=O)NC1=N[C@](C)(c2cc(I)ccc2F)C[S@@](=O)(=NCC(F)(F)F)C1(C)C. The minimum atomic E-state index is -4.68. The molecule has 0 fully saturated rings. The number of rotatable bonds is 2. The van der Waals surface area contributed by atoms with E-state index in [9.17, 15) is 26.6 Å². The van der Waals surface area contributed by atoms with Gasteiger partial charge in [0.25, 0.3) is 0 Å². The minimum Gasteiger partial charge on any atom is -0.444 e. The van der Waals surface area contributed by atoms with Crippen molar-refractivity contribution in [2.24, 2.45) is 9.36 Å². The van der Waals surface area contributed by atoms with Gasteiger partial charge in [-0.05, 0) is 82.3 Å². The molecule has 0 aromatic heterocycles. The first-order valence-electron chi connectivity index (χ1n) is 9.61. The zero-order chi connectivity index (χ0) is 24.8. The Morgan fingerprint density at radius 3 is 2.41 bits per heavy atom. The molecule has 180 valence electrons. The molecule has 1 aliphatic rings. The van der Waals surface area contributed by atoms with Crippen LogP contribution in [0.25, 0.3) is 0 Å². The highest BCUT2D eigenvalue weighted by Gasteiger charge is 2.50. The van der Waals surface area contributed by atoms with Crippen molar-refractivity contribution in [2.45, 2.75) is 63.6 Å². The van der Waals surface area contributed by atoms with E-state index in [0.29, 0.717) is 3.57 Å². The van der Waals surface area contributed by atoms with Gasteiger partial charge in [0, 0.05) is 9.13 Å². The molecule has 6 nitrogen and oxygen atoms in total. The molecule has 12 heteroatoms. The summed E-state index contributed by atoms with van der Waals surface area (Å²) in [5.74, 6) is -1.31. The van der Waals surface area contributed by atoms with Gasteiger partial charge in [-0.2, -0.15) is 13.2 Å². The molecule has 1 aromatic rings. The van der Waals surface area contributed by atoms with Gasteiger partial charge in [0.1, 0.15) is 34.1 Å². The van der Waals surface area contributed by atoms with E-state index in [2.05, 4.69) is 14.7 Å². The van der Waals surface area contributed by atoms with Crippen molar-refractivity contribution in [3.05, 3.63) is 33.1 Å². The summed E-state index contributed by atoms with van der Waals surface area (Å²) in [4.78, 5) is 16.9. The van der Waals surface area contributed by atoms with E-state index >= 15 is 0 Å². The smallest absolute Gasteiger partial charge is 0.413 e. The van der Waals surface area contributed by atoms with Gasteiger partial charge in [0.05, 0.1) is 15.5 Å². The Hall–Kier alpha value is -1.44. The summed E-state index contributed by atoms with van der Waals surface area (Å²) in [5, 5.41) is 2.42. The summed E-state index contributed by atoms with van der Waals surface area (Å²) >= 11 is 1.96. The molecular weight excluding hydrogens is 565 g/mol. The molecule has 1 amide bonds. The molecule has 1 heterocycles. The fourth-order valence-corrected chi connectivity index (χ4v) is 6.14. The second kappa shape index (κ2) is 8.73. The second-order valence-electron chi connectivity index (χ2n) is 9.18. The summed E-state index contributed by atoms with van der Waals surface area (Å²) in [5.41, 5.74) is -2.37. The Morgan fingerprint density at radius 2 is 1.88 bits per heavy atom. The molecule has 2 atom stereocenters. The van der Waals surface area contributed by atoms with Crippen LogP contribution in [-0.4, -0.2) is 45.0 Å². The number of ether oxygens (including phenoxy) is 1. The lowest BCUT2D eigenvalue weighted by Crippen LogP contribution is -2.58. The van der Waals surface area contributed by atoms with Gasteiger partial charge < -0.3 is 4.74 Å². The Labute approximate surface area is 198 Å². The predicted octanol–water partition coefficient (Wildman–Crippen LogP) is 5.39. The van der Waals surface area contributed by atoms with E-state index in [4.69, 9.17) is 4.74 Å².